The molecule has 0 bridgehead atoms. The fourth-order valence-corrected chi connectivity index (χ4v) is 1.46. The van der Waals surface area contributed by atoms with Gasteiger partial charge in [0.15, 0.2) is 5.96 Å². The third-order valence-electron chi connectivity index (χ3n) is 2.43. The van der Waals surface area contributed by atoms with Crippen LogP contribution < -0.4 is 15.4 Å². The molecule has 6 nitrogen and oxygen atoms in total. The molecule has 0 saturated carbocycles. The molecule has 0 atom stereocenters. The summed E-state index contributed by atoms with van der Waals surface area (Å²) in [6.07, 6.45) is 1.72. The van der Waals surface area contributed by atoms with E-state index in [-0.39, 0.29) is 0 Å². The SMILES string of the molecule is CCOCCNC(=NC)NCc1ccnc(OC)c1. The number of ether oxygens (including phenoxy) is 2. The van der Waals surface area contributed by atoms with Crippen molar-refractivity contribution in [2.24, 2.45) is 4.99 Å². The van der Waals surface area contributed by atoms with Gasteiger partial charge in [-0.1, -0.05) is 0 Å². The quantitative estimate of drug-likeness (QED) is 0.434. The summed E-state index contributed by atoms with van der Waals surface area (Å²) in [6, 6.07) is 3.82. The Morgan fingerprint density at radius 2 is 2.26 bits per heavy atom. The van der Waals surface area contributed by atoms with E-state index in [2.05, 4.69) is 20.6 Å². The van der Waals surface area contributed by atoms with E-state index in [0.717, 1.165) is 24.7 Å². The molecular weight excluding hydrogens is 244 g/mol. The summed E-state index contributed by atoms with van der Waals surface area (Å²) in [7, 11) is 3.34. The van der Waals surface area contributed by atoms with Crippen LogP contribution in [0.4, 0.5) is 0 Å². The standard InChI is InChI=1S/C13H22N4O2/c1-4-19-8-7-16-13(14-2)17-10-11-5-6-15-12(9-11)18-3/h5-6,9H,4,7-8,10H2,1-3H3,(H2,14,16,17). The molecule has 0 aromatic carbocycles. The molecule has 0 spiro atoms. The molecule has 0 aliphatic rings. The van der Waals surface area contributed by atoms with Crippen LogP contribution in [0.1, 0.15) is 12.5 Å². The first-order chi connectivity index (χ1) is 9.30. The van der Waals surface area contributed by atoms with E-state index < -0.39 is 0 Å². The number of nitrogens with one attached hydrogen (secondary N) is 2. The second-order valence-electron chi connectivity index (χ2n) is 3.76. The highest BCUT2D eigenvalue weighted by Crippen LogP contribution is 2.07. The molecule has 1 aromatic heterocycles. The van der Waals surface area contributed by atoms with Crippen molar-refractivity contribution in [1.82, 2.24) is 15.6 Å². The Hall–Kier alpha value is -1.82. The third-order valence-corrected chi connectivity index (χ3v) is 2.43. The lowest BCUT2D eigenvalue weighted by molar-refractivity contribution is 0.152. The molecule has 2 N–H and O–H groups in total. The van der Waals surface area contributed by atoms with Crippen LogP contribution in [0.15, 0.2) is 23.3 Å². The van der Waals surface area contributed by atoms with Gasteiger partial charge >= 0.3 is 0 Å². The molecule has 1 heterocycles. The number of methoxy groups -OCH3 is 1. The fraction of sp³-hybridized carbons (Fsp3) is 0.538. The maximum atomic E-state index is 5.25. The Kier molecular flexibility index (Phi) is 7.34. The van der Waals surface area contributed by atoms with Gasteiger partial charge in [0.25, 0.3) is 0 Å². The Bertz CT molecular complexity index is 396. The van der Waals surface area contributed by atoms with Crippen LogP contribution in [0.25, 0.3) is 0 Å². The van der Waals surface area contributed by atoms with Crippen LogP contribution >= 0.6 is 0 Å². The van der Waals surface area contributed by atoms with Gasteiger partial charge in [0, 0.05) is 39.0 Å². The van der Waals surface area contributed by atoms with Gasteiger partial charge in [-0.3, -0.25) is 4.99 Å². The summed E-state index contributed by atoms with van der Waals surface area (Å²) in [6.45, 7) is 4.76. The first-order valence-electron chi connectivity index (χ1n) is 6.31. The summed E-state index contributed by atoms with van der Waals surface area (Å²) in [5.41, 5.74) is 1.08. The summed E-state index contributed by atoms with van der Waals surface area (Å²) in [5.74, 6) is 1.36. The van der Waals surface area contributed by atoms with Crippen LogP contribution in [-0.2, 0) is 11.3 Å². The maximum absolute atomic E-state index is 5.25. The lowest BCUT2D eigenvalue weighted by atomic mass is 10.2. The predicted molar refractivity (Wildman–Crippen MR) is 75.5 cm³/mol. The monoisotopic (exact) mass is 266 g/mol. The van der Waals surface area contributed by atoms with Crippen LogP contribution in [0, 0.1) is 0 Å². The number of rotatable bonds is 7. The summed E-state index contributed by atoms with van der Waals surface area (Å²) in [4.78, 5) is 8.20. The molecular formula is C13H22N4O2. The Morgan fingerprint density at radius 3 is 2.95 bits per heavy atom. The van der Waals surface area contributed by atoms with E-state index in [1.54, 1.807) is 20.4 Å². The van der Waals surface area contributed by atoms with E-state index in [9.17, 15) is 0 Å². The third kappa shape index (κ3) is 6.05. The Balaban J connectivity index is 2.36. The van der Waals surface area contributed by atoms with Gasteiger partial charge in [0.2, 0.25) is 5.88 Å². The van der Waals surface area contributed by atoms with Crippen molar-refractivity contribution >= 4 is 5.96 Å². The van der Waals surface area contributed by atoms with Gasteiger partial charge in [0.05, 0.1) is 13.7 Å². The molecule has 0 amide bonds. The van der Waals surface area contributed by atoms with Crippen molar-refractivity contribution in [3.63, 3.8) is 0 Å². The minimum absolute atomic E-state index is 0.610. The number of pyridine rings is 1. The van der Waals surface area contributed by atoms with Crippen LogP contribution in [-0.4, -0.2) is 44.9 Å². The van der Waals surface area contributed by atoms with Crippen molar-refractivity contribution in [3.8, 4) is 5.88 Å². The molecule has 0 aliphatic carbocycles. The zero-order valence-corrected chi connectivity index (χ0v) is 11.8. The van der Waals surface area contributed by atoms with Gasteiger partial charge in [0.1, 0.15) is 0 Å². The van der Waals surface area contributed by atoms with Gasteiger partial charge in [-0.25, -0.2) is 4.98 Å². The molecule has 106 valence electrons. The first kappa shape index (κ1) is 15.2. The van der Waals surface area contributed by atoms with E-state index >= 15 is 0 Å². The highest BCUT2D eigenvalue weighted by Gasteiger charge is 1.99. The number of nitrogens with zero attached hydrogens (tertiary/aromatic N) is 2. The van der Waals surface area contributed by atoms with Crippen molar-refractivity contribution in [2.45, 2.75) is 13.5 Å². The smallest absolute Gasteiger partial charge is 0.213 e. The molecule has 19 heavy (non-hydrogen) atoms. The minimum atomic E-state index is 0.610. The predicted octanol–water partition coefficient (Wildman–Crippen LogP) is 0.792. The topological polar surface area (TPSA) is 67.8 Å². The molecule has 0 fully saturated rings. The van der Waals surface area contributed by atoms with E-state index in [4.69, 9.17) is 9.47 Å². The maximum Gasteiger partial charge on any atom is 0.213 e. The van der Waals surface area contributed by atoms with E-state index in [1.807, 2.05) is 19.1 Å². The lowest BCUT2D eigenvalue weighted by Gasteiger charge is -2.12. The summed E-state index contributed by atoms with van der Waals surface area (Å²) < 4.78 is 10.3. The largest absolute Gasteiger partial charge is 0.481 e. The average molecular weight is 266 g/mol. The van der Waals surface area contributed by atoms with Gasteiger partial charge < -0.3 is 20.1 Å². The molecule has 0 aliphatic heterocycles. The fourth-order valence-electron chi connectivity index (χ4n) is 1.46. The normalized spacial score (nSPS) is 11.2. The van der Waals surface area contributed by atoms with Crippen molar-refractivity contribution in [1.29, 1.82) is 0 Å². The lowest BCUT2D eigenvalue weighted by Crippen LogP contribution is -2.38. The van der Waals surface area contributed by atoms with Crippen LogP contribution in [0.5, 0.6) is 5.88 Å². The van der Waals surface area contributed by atoms with Crippen LogP contribution in [0.3, 0.4) is 0 Å². The molecule has 1 aromatic rings. The number of hydrogen-bond acceptors (Lipinski definition) is 4. The Morgan fingerprint density at radius 1 is 1.42 bits per heavy atom. The van der Waals surface area contributed by atoms with E-state index in [1.165, 1.54) is 0 Å². The zero-order chi connectivity index (χ0) is 13.9. The van der Waals surface area contributed by atoms with Gasteiger partial charge in [-0.05, 0) is 18.6 Å². The van der Waals surface area contributed by atoms with Gasteiger partial charge in [-0.2, -0.15) is 0 Å². The van der Waals surface area contributed by atoms with Crippen LogP contribution in [0.2, 0.25) is 0 Å². The molecule has 0 radical (unpaired) electrons. The van der Waals surface area contributed by atoms with Crippen molar-refractivity contribution < 1.29 is 9.47 Å². The van der Waals surface area contributed by atoms with Gasteiger partial charge in [-0.15, -0.1) is 0 Å². The van der Waals surface area contributed by atoms with Crippen molar-refractivity contribution in [3.05, 3.63) is 23.9 Å². The number of aromatic nitrogens is 1. The highest BCUT2D eigenvalue weighted by molar-refractivity contribution is 5.79. The second-order valence-corrected chi connectivity index (χ2v) is 3.76. The number of hydrogen-bond donors (Lipinski definition) is 2. The Labute approximate surface area is 114 Å². The van der Waals surface area contributed by atoms with Crippen molar-refractivity contribution in [2.75, 3.05) is 33.9 Å². The molecule has 6 heteroatoms. The molecule has 0 unspecified atom stereocenters. The first-order valence-corrected chi connectivity index (χ1v) is 6.31. The molecule has 0 saturated heterocycles. The number of guanidine groups is 1. The summed E-state index contributed by atoms with van der Waals surface area (Å²) in [5, 5.41) is 6.38. The average Bonchev–Trinajstić information content (AvgIpc) is 2.47. The minimum Gasteiger partial charge on any atom is -0.481 e. The molecule has 1 rings (SSSR count). The second kappa shape index (κ2) is 9.16. The van der Waals surface area contributed by atoms with E-state index in [0.29, 0.717) is 19.0 Å². The number of aliphatic imine (C=N–C) groups is 1. The highest BCUT2D eigenvalue weighted by atomic mass is 16.5. The zero-order valence-electron chi connectivity index (χ0n) is 11.8. The summed E-state index contributed by atoms with van der Waals surface area (Å²) >= 11 is 0.